The van der Waals surface area contributed by atoms with Crippen LogP contribution in [0.5, 0.6) is 0 Å². The predicted molar refractivity (Wildman–Crippen MR) is 116 cm³/mol. The Morgan fingerprint density at radius 2 is 1.74 bits per heavy atom. The molecule has 0 fully saturated rings. The lowest BCUT2D eigenvalue weighted by Gasteiger charge is -2.35. The van der Waals surface area contributed by atoms with E-state index in [2.05, 4.69) is 86.6 Å². The molecule has 1 aromatic heterocycles. The van der Waals surface area contributed by atoms with Crippen LogP contribution in [0.25, 0.3) is 27.7 Å². The molecule has 0 bridgehead atoms. The zero-order valence-electron chi connectivity index (χ0n) is 16.9. The summed E-state index contributed by atoms with van der Waals surface area (Å²) >= 11 is 0. The molecule has 3 aromatic rings. The van der Waals surface area contributed by atoms with Crippen molar-refractivity contribution in [2.45, 2.75) is 58.3 Å². The molecule has 1 nitrogen and oxygen atoms in total. The summed E-state index contributed by atoms with van der Waals surface area (Å²) < 4.78 is 2.35. The maximum Gasteiger partial charge on any atom is 0.226 e. The van der Waals surface area contributed by atoms with Gasteiger partial charge >= 0.3 is 0 Å². The minimum Gasteiger partial charge on any atom is -0.163 e. The van der Waals surface area contributed by atoms with Crippen LogP contribution in [0.1, 0.15) is 57.6 Å². The fourth-order valence-electron chi connectivity index (χ4n) is 4.89. The summed E-state index contributed by atoms with van der Waals surface area (Å²) in [5, 5.41) is 2.66. The third-order valence-corrected chi connectivity index (χ3v) is 6.58. The zero-order valence-corrected chi connectivity index (χ0v) is 16.9. The van der Waals surface area contributed by atoms with Gasteiger partial charge in [0.05, 0.1) is 16.4 Å². The molecule has 0 radical (unpaired) electrons. The van der Waals surface area contributed by atoms with E-state index in [-0.39, 0.29) is 5.41 Å². The van der Waals surface area contributed by atoms with E-state index in [9.17, 15) is 0 Å². The highest BCUT2D eigenvalue weighted by atomic mass is 15.0. The number of aromatic nitrogens is 1. The molecule has 0 aliphatic carbocycles. The summed E-state index contributed by atoms with van der Waals surface area (Å²) in [5.41, 5.74) is 6.76. The van der Waals surface area contributed by atoms with Crippen LogP contribution in [0.2, 0.25) is 0 Å². The zero-order chi connectivity index (χ0) is 19.0. The van der Waals surface area contributed by atoms with Gasteiger partial charge in [0.15, 0.2) is 11.9 Å². The van der Waals surface area contributed by atoms with E-state index >= 15 is 0 Å². The van der Waals surface area contributed by atoms with Crippen molar-refractivity contribution in [3.63, 3.8) is 0 Å². The second-order valence-corrected chi connectivity index (χ2v) is 7.84. The maximum atomic E-state index is 4.58. The smallest absolute Gasteiger partial charge is 0.163 e. The highest BCUT2D eigenvalue weighted by molar-refractivity contribution is 5.95. The van der Waals surface area contributed by atoms with Crippen LogP contribution < -0.4 is 4.57 Å². The maximum absolute atomic E-state index is 4.58. The van der Waals surface area contributed by atoms with Crippen molar-refractivity contribution in [2.75, 3.05) is 0 Å². The molecule has 1 heteroatoms. The molecule has 1 aliphatic rings. The number of pyridine rings is 1. The molecule has 0 saturated carbocycles. The third-order valence-electron chi connectivity index (χ3n) is 6.58. The number of fused-ring (bicyclic) bond motifs is 5. The molecule has 0 atom stereocenters. The van der Waals surface area contributed by atoms with Gasteiger partial charge in [0.25, 0.3) is 0 Å². The first-order chi connectivity index (χ1) is 13.2. The first-order valence-electron chi connectivity index (χ1n) is 10.4. The number of rotatable bonds is 5. The van der Waals surface area contributed by atoms with Crippen molar-refractivity contribution in [2.24, 2.45) is 0 Å². The van der Waals surface area contributed by atoms with Crippen LogP contribution in [0.4, 0.5) is 0 Å². The molecular formula is C26H30N+. The normalized spacial score (nSPS) is 14.9. The SMILES string of the molecule is C=C1[n+]2ccc3cc(CCCC)ccc3c2-c2ccccc2C1(CC)CC. The first kappa shape index (κ1) is 18.0. The number of allylic oxidation sites excluding steroid dienone is 1. The average Bonchev–Trinajstić information content (AvgIpc) is 2.72. The average molecular weight is 357 g/mol. The van der Waals surface area contributed by atoms with Crippen molar-refractivity contribution in [1.29, 1.82) is 0 Å². The molecule has 138 valence electrons. The van der Waals surface area contributed by atoms with Gasteiger partial charge in [-0.25, -0.2) is 0 Å². The van der Waals surface area contributed by atoms with Crippen molar-refractivity contribution in [3.8, 4) is 11.3 Å². The van der Waals surface area contributed by atoms with E-state index in [4.69, 9.17) is 0 Å². The highest BCUT2D eigenvalue weighted by Gasteiger charge is 2.45. The molecule has 27 heavy (non-hydrogen) atoms. The molecule has 4 rings (SSSR count). The van der Waals surface area contributed by atoms with E-state index in [0.29, 0.717) is 0 Å². The van der Waals surface area contributed by atoms with Gasteiger partial charge in [0, 0.05) is 6.07 Å². The Morgan fingerprint density at radius 1 is 0.963 bits per heavy atom. The van der Waals surface area contributed by atoms with E-state index < -0.39 is 0 Å². The van der Waals surface area contributed by atoms with Gasteiger partial charge in [-0.15, -0.1) is 0 Å². The Labute approximate surface area is 163 Å². The lowest BCUT2D eigenvalue weighted by atomic mass is 9.69. The first-order valence-corrected chi connectivity index (χ1v) is 10.4. The van der Waals surface area contributed by atoms with Crippen LogP contribution in [-0.2, 0) is 11.8 Å². The fourth-order valence-corrected chi connectivity index (χ4v) is 4.89. The Hall–Kier alpha value is -2.41. The van der Waals surface area contributed by atoms with Crippen LogP contribution in [-0.4, -0.2) is 0 Å². The summed E-state index contributed by atoms with van der Waals surface area (Å²) in [5.74, 6) is 0. The summed E-state index contributed by atoms with van der Waals surface area (Å²) in [6.45, 7) is 11.4. The minimum atomic E-state index is 0.0169. The standard InChI is InChI=1S/C26H30N/c1-5-8-11-20-14-15-22-21(18-20)16-17-27-19(4)26(6-2,7-3)24-13-10-9-12-23(24)25(22)27/h9-10,12-18H,4-8,11H2,1-3H3/q+1. The Bertz CT molecular complexity index is 1010. The molecule has 0 saturated heterocycles. The molecule has 1 aliphatic heterocycles. The van der Waals surface area contributed by atoms with Crippen molar-refractivity contribution < 1.29 is 4.57 Å². The van der Waals surface area contributed by atoms with Gasteiger partial charge in [0.2, 0.25) is 5.69 Å². The fraction of sp³-hybridized carbons (Fsp3) is 0.346. The summed E-state index contributed by atoms with van der Waals surface area (Å²) in [6, 6.07) is 18.2. The van der Waals surface area contributed by atoms with Crippen LogP contribution >= 0.6 is 0 Å². The highest BCUT2D eigenvalue weighted by Crippen LogP contribution is 2.47. The van der Waals surface area contributed by atoms with E-state index in [1.807, 2.05) is 0 Å². The van der Waals surface area contributed by atoms with E-state index in [0.717, 1.165) is 19.3 Å². The molecule has 0 spiro atoms. The second-order valence-electron chi connectivity index (χ2n) is 7.84. The van der Waals surface area contributed by atoms with Crippen molar-refractivity contribution in [3.05, 3.63) is 72.4 Å². The largest absolute Gasteiger partial charge is 0.226 e. The Kier molecular flexibility index (Phi) is 4.63. The van der Waals surface area contributed by atoms with Gasteiger partial charge in [-0.05, 0) is 60.9 Å². The van der Waals surface area contributed by atoms with Crippen LogP contribution in [0.15, 0.2) is 61.3 Å². The summed E-state index contributed by atoms with van der Waals surface area (Å²) in [4.78, 5) is 0. The number of nitrogens with zero attached hydrogens (tertiary/aromatic N) is 1. The van der Waals surface area contributed by atoms with Crippen molar-refractivity contribution >= 4 is 16.5 Å². The summed E-state index contributed by atoms with van der Waals surface area (Å²) in [6.07, 6.45) is 8.02. The number of benzene rings is 2. The minimum absolute atomic E-state index is 0.0169. The molecule has 0 amide bonds. The number of aryl methyl sites for hydroxylation is 1. The number of unbranched alkanes of at least 4 members (excludes halogenated alkanes) is 1. The van der Waals surface area contributed by atoms with Gasteiger partial charge in [-0.2, -0.15) is 4.57 Å². The Morgan fingerprint density at radius 3 is 2.48 bits per heavy atom. The van der Waals surface area contributed by atoms with Crippen LogP contribution in [0, 0.1) is 0 Å². The molecule has 0 N–H and O–H groups in total. The molecule has 0 unspecified atom stereocenters. The topological polar surface area (TPSA) is 3.88 Å². The van der Waals surface area contributed by atoms with Crippen molar-refractivity contribution in [1.82, 2.24) is 0 Å². The second kappa shape index (κ2) is 6.96. The number of hydrogen-bond donors (Lipinski definition) is 0. The monoisotopic (exact) mass is 356 g/mol. The summed E-state index contributed by atoms with van der Waals surface area (Å²) in [7, 11) is 0. The van der Waals surface area contributed by atoms with E-state index in [1.165, 1.54) is 51.7 Å². The molecule has 2 aromatic carbocycles. The predicted octanol–water partition coefficient (Wildman–Crippen LogP) is 6.68. The van der Waals surface area contributed by atoms with Gasteiger partial charge in [-0.1, -0.05) is 57.5 Å². The quantitative estimate of drug-likeness (QED) is 0.449. The molecular weight excluding hydrogens is 326 g/mol. The van der Waals surface area contributed by atoms with Gasteiger partial charge in [-0.3, -0.25) is 0 Å². The Balaban J connectivity index is 1.99. The lowest BCUT2D eigenvalue weighted by Crippen LogP contribution is -2.48. The van der Waals surface area contributed by atoms with E-state index in [1.54, 1.807) is 0 Å². The molecule has 2 heterocycles. The van der Waals surface area contributed by atoms with Crippen LogP contribution in [0.3, 0.4) is 0 Å². The van der Waals surface area contributed by atoms with Gasteiger partial charge < -0.3 is 0 Å². The third kappa shape index (κ3) is 2.64. The van der Waals surface area contributed by atoms with Gasteiger partial charge in [0.1, 0.15) is 0 Å². The lowest BCUT2D eigenvalue weighted by molar-refractivity contribution is -0.576. The number of hydrogen-bond acceptors (Lipinski definition) is 0.